The van der Waals surface area contributed by atoms with Gasteiger partial charge >= 0.3 is 0 Å². The van der Waals surface area contributed by atoms with Gasteiger partial charge in [-0.1, -0.05) is 47.2 Å². The predicted molar refractivity (Wildman–Crippen MR) is 86.6 cm³/mol. The molecule has 3 nitrogen and oxygen atoms in total. The van der Waals surface area contributed by atoms with Crippen LogP contribution in [-0.2, 0) is 0 Å². The van der Waals surface area contributed by atoms with Gasteiger partial charge in [-0.25, -0.2) is 13.8 Å². The Bertz CT molecular complexity index is 856. The number of halogens is 2. The van der Waals surface area contributed by atoms with E-state index in [2.05, 4.69) is 10.3 Å². The molecule has 1 heterocycles. The normalized spacial score (nSPS) is 10.6. The summed E-state index contributed by atoms with van der Waals surface area (Å²) in [6.45, 7) is 1.98. The lowest BCUT2D eigenvalue weighted by Crippen LogP contribution is -2.15. The molecule has 1 aromatic heterocycles. The number of benzene rings is 2. The molecule has 1 N–H and O–H groups in total. The molecule has 116 valence electrons. The van der Waals surface area contributed by atoms with Gasteiger partial charge in [0, 0.05) is 6.20 Å². The van der Waals surface area contributed by atoms with Gasteiger partial charge in [0.05, 0.1) is 4.88 Å². The first kappa shape index (κ1) is 15.3. The van der Waals surface area contributed by atoms with Crippen molar-refractivity contribution < 1.29 is 13.6 Å². The van der Waals surface area contributed by atoms with Crippen LogP contribution in [0.5, 0.6) is 0 Å². The van der Waals surface area contributed by atoms with Gasteiger partial charge in [-0.15, -0.1) is 0 Å². The SMILES string of the molecule is Cc1cccc(-c2cnc(NC(=O)c3c(F)cccc3F)s2)c1. The summed E-state index contributed by atoms with van der Waals surface area (Å²) in [7, 11) is 0. The first-order valence-corrected chi connectivity index (χ1v) is 7.64. The van der Waals surface area contributed by atoms with Crippen molar-refractivity contribution in [2.75, 3.05) is 5.32 Å². The second-order valence-electron chi connectivity index (χ2n) is 4.95. The number of rotatable bonds is 3. The van der Waals surface area contributed by atoms with Crippen molar-refractivity contribution in [3.05, 3.63) is 71.4 Å². The van der Waals surface area contributed by atoms with Gasteiger partial charge in [0.25, 0.3) is 5.91 Å². The van der Waals surface area contributed by atoms with Crippen LogP contribution in [0.4, 0.5) is 13.9 Å². The van der Waals surface area contributed by atoms with Crippen LogP contribution in [0.25, 0.3) is 10.4 Å². The van der Waals surface area contributed by atoms with Crippen LogP contribution in [-0.4, -0.2) is 10.9 Å². The maximum absolute atomic E-state index is 13.6. The molecule has 0 aliphatic carbocycles. The van der Waals surface area contributed by atoms with E-state index >= 15 is 0 Å². The largest absolute Gasteiger partial charge is 0.298 e. The number of amides is 1. The summed E-state index contributed by atoms with van der Waals surface area (Å²) in [6, 6.07) is 11.1. The van der Waals surface area contributed by atoms with E-state index in [1.165, 1.54) is 17.4 Å². The van der Waals surface area contributed by atoms with Crippen LogP contribution in [0.3, 0.4) is 0 Å². The third-order valence-electron chi connectivity index (χ3n) is 3.22. The second-order valence-corrected chi connectivity index (χ2v) is 5.98. The van der Waals surface area contributed by atoms with Crippen LogP contribution in [0, 0.1) is 18.6 Å². The molecule has 0 radical (unpaired) electrons. The van der Waals surface area contributed by atoms with Gasteiger partial charge in [0.15, 0.2) is 5.13 Å². The molecule has 0 fully saturated rings. The van der Waals surface area contributed by atoms with Gasteiger partial charge in [0.2, 0.25) is 0 Å². The molecular formula is C17H12F2N2OS. The fourth-order valence-electron chi connectivity index (χ4n) is 2.14. The van der Waals surface area contributed by atoms with Gasteiger partial charge in [-0.05, 0) is 24.6 Å². The zero-order valence-corrected chi connectivity index (χ0v) is 13.0. The molecule has 0 saturated carbocycles. The summed E-state index contributed by atoms with van der Waals surface area (Å²) in [5, 5.41) is 2.72. The number of nitrogens with zero attached hydrogens (tertiary/aromatic N) is 1. The lowest BCUT2D eigenvalue weighted by Gasteiger charge is -2.04. The molecule has 23 heavy (non-hydrogen) atoms. The molecule has 1 amide bonds. The van der Waals surface area contributed by atoms with Gasteiger partial charge < -0.3 is 0 Å². The highest BCUT2D eigenvalue weighted by Gasteiger charge is 2.18. The van der Waals surface area contributed by atoms with E-state index in [1.54, 1.807) is 6.20 Å². The smallest absolute Gasteiger partial charge is 0.263 e. The minimum absolute atomic E-state index is 0.286. The fraction of sp³-hybridized carbons (Fsp3) is 0.0588. The van der Waals surface area contributed by atoms with Crippen LogP contribution < -0.4 is 5.32 Å². The highest BCUT2D eigenvalue weighted by atomic mass is 32.1. The first-order valence-electron chi connectivity index (χ1n) is 6.83. The van der Waals surface area contributed by atoms with Gasteiger partial charge in [-0.2, -0.15) is 0 Å². The van der Waals surface area contributed by atoms with Gasteiger partial charge in [-0.3, -0.25) is 10.1 Å². The van der Waals surface area contributed by atoms with Crippen molar-refractivity contribution in [1.29, 1.82) is 0 Å². The van der Waals surface area contributed by atoms with E-state index < -0.39 is 23.1 Å². The van der Waals surface area contributed by atoms with E-state index in [-0.39, 0.29) is 5.13 Å². The summed E-state index contributed by atoms with van der Waals surface area (Å²) >= 11 is 1.24. The molecule has 3 rings (SSSR count). The molecule has 0 atom stereocenters. The number of carbonyl (C=O) groups is 1. The maximum atomic E-state index is 13.6. The molecule has 0 aliphatic rings. The van der Waals surface area contributed by atoms with Crippen LogP contribution in [0.15, 0.2) is 48.7 Å². The van der Waals surface area contributed by atoms with Crippen LogP contribution >= 0.6 is 11.3 Å². The summed E-state index contributed by atoms with van der Waals surface area (Å²) in [6.07, 6.45) is 1.62. The topological polar surface area (TPSA) is 42.0 Å². The van der Waals surface area contributed by atoms with E-state index in [0.29, 0.717) is 0 Å². The molecule has 0 spiro atoms. The molecule has 0 unspecified atom stereocenters. The molecule has 0 aliphatic heterocycles. The molecule has 0 bridgehead atoms. The van der Waals surface area contributed by atoms with E-state index in [1.807, 2.05) is 31.2 Å². The van der Waals surface area contributed by atoms with Gasteiger partial charge in [0.1, 0.15) is 17.2 Å². The standard InChI is InChI=1S/C17H12F2N2OS/c1-10-4-2-5-11(8-10)14-9-20-17(23-14)21-16(22)15-12(18)6-3-7-13(15)19/h2-9H,1H3,(H,20,21,22). The highest BCUT2D eigenvalue weighted by Crippen LogP contribution is 2.29. The Balaban J connectivity index is 1.83. The molecule has 3 aromatic rings. The number of carbonyl (C=O) groups excluding carboxylic acids is 1. The molecular weight excluding hydrogens is 318 g/mol. The fourth-order valence-corrected chi connectivity index (χ4v) is 2.95. The zero-order valence-electron chi connectivity index (χ0n) is 12.1. The number of hydrogen-bond acceptors (Lipinski definition) is 3. The highest BCUT2D eigenvalue weighted by molar-refractivity contribution is 7.19. The van der Waals surface area contributed by atoms with Crippen LogP contribution in [0.1, 0.15) is 15.9 Å². The Kier molecular flexibility index (Phi) is 4.16. The maximum Gasteiger partial charge on any atom is 0.263 e. The summed E-state index contributed by atoms with van der Waals surface area (Å²) in [4.78, 5) is 17.0. The molecule has 6 heteroatoms. The first-order chi connectivity index (χ1) is 11.0. The van der Waals surface area contributed by atoms with Crippen molar-refractivity contribution in [1.82, 2.24) is 4.98 Å². The Morgan fingerprint density at radius 3 is 2.52 bits per heavy atom. The lowest BCUT2D eigenvalue weighted by atomic mass is 10.1. The third-order valence-corrected chi connectivity index (χ3v) is 4.18. The number of hydrogen-bond donors (Lipinski definition) is 1. The Morgan fingerprint density at radius 1 is 1.13 bits per heavy atom. The Hall–Kier alpha value is -2.60. The van der Waals surface area contributed by atoms with Crippen molar-refractivity contribution in [2.24, 2.45) is 0 Å². The lowest BCUT2D eigenvalue weighted by molar-refractivity contribution is 0.101. The van der Waals surface area contributed by atoms with E-state index in [4.69, 9.17) is 0 Å². The Labute approximate surface area is 135 Å². The summed E-state index contributed by atoms with van der Waals surface area (Å²) in [5.74, 6) is -2.67. The van der Waals surface area contributed by atoms with Crippen LogP contribution in [0.2, 0.25) is 0 Å². The molecule has 2 aromatic carbocycles. The number of nitrogens with one attached hydrogen (secondary N) is 1. The van der Waals surface area contributed by atoms with Crippen molar-refractivity contribution in [2.45, 2.75) is 6.92 Å². The predicted octanol–water partition coefficient (Wildman–Crippen LogP) is 4.65. The monoisotopic (exact) mass is 330 g/mol. The number of anilines is 1. The second kappa shape index (κ2) is 6.26. The number of aryl methyl sites for hydroxylation is 1. The van der Waals surface area contributed by atoms with Crippen molar-refractivity contribution in [3.8, 4) is 10.4 Å². The zero-order chi connectivity index (χ0) is 16.4. The third kappa shape index (κ3) is 3.27. The van der Waals surface area contributed by atoms with Crippen molar-refractivity contribution in [3.63, 3.8) is 0 Å². The van der Waals surface area contributed by atoms with Crippen molar-refractivity contribution >= 4 is 22.4 Å². The Morgan fingerprint density at radius 2 is 1.83 bits per heavy atom. The summed E-state index contributed by atoms with van der Waals surface area (Å²) in [5.41, 5.74) is 1.47. The van der Waals surface area contributed by atoms with E-state index in [9.17, 15) is 13.6 Å². The van der Waals surface area contributed by atoms with E-state index in [0.717, 1.165) is 28.1 Å². The quantitative estimate of drug-likeness (QED) is 0.759. The average molecular weight is 330 g/mol. The minimum Gasteiger partial charge on any atom is -0.298 e. The number of thiazole rings is 1. The molecule has 0 saturated heterocycles. The number of aromatic nitrogens is 1. The average Bonchev–Trinajstić information content (AvgIpc) is 2.95. The minimum atomic E-state index is -0.905. The summed E-state index contributed by atoms with van der Waals surface area (Å²) < 4.78 is 27.2.